The standard InChI is InChI=1S/C41H35ClN6O9/c1-21-9-12-24(13-10-21)43-46-38(51)30-20-28-26(35(29-17-23(42)11-16-33(29)49)41(30,40(46)53)22-7-5-4-6-8-22)14-15-27-34(28)39(52)45(37(27)50)25-18-31(47(54)55)36(44(2)3)32(19-25)48(56)57/h4-14,16-19,27-28,30,34-35,43,49H,15,20H2,1-3H3/t27-,28+,30-,34-,35+,41+/m0/s1. The molecule has 2 heterocycles. The van der Waals surface area contributed by atoms with Crippen LogP contribution in [0.2, 0.25) is 5.02 Å². The summed E-state index contributed by atoms with van der Waals surface area (Å²) in [5.74, 6) is -8.01. The van der Waals surface area contributed by atoms with E-state index in [1.807, 2.05) is 19.1 Å². The summed E-state index contributed by atoms with van der Waals surface area (Å²) >= 11 is 6.57. The maximum atomic E-state index is 15.3. The van der Waals surface area contributed by atoms with Crippen LogP contribution in [-0.2, 0) is 24.6 Å². The molecule has 0 unspecified atom stereocenters. The van der Waals surface area contributed by atoms with Crippen molar-refractivity contribution in [3.8, 4) is 5.75 Å². The number of anilines is 3. The zero-order valence-electron chi connectivity index (χ0n) is 30.8. The molecule has 6 atom stereocenters. The lowest BCUT2D eigenvalue weighted by Crippen LogP contribution is -2.53. The van der Waals surface area contributed by atoms with Gasteiger partial charge in [-0.1, -0.05) is 71.3 Å². The molecule has 0 aromatic heterocycles. The van der Waals surface area contributed by atoms with Gasteiger partial charge in [-0.2, -0.15) is 5.01 Å². The first-order valence-electron chi connectivity index (χ1n) is 18.1. The number of aryl methyl sites for hydroxylation is 1. The van der Waals surface area contributed by atoms with Gasteiger partial charge in [0.1, 0.15) is 5.75 Å². The van der Waals surface area contributed by atoms with E-state index in [1.165, 1.54) is 37.2 Å². The molecule has 0 radical (unpaired) electrons. The Morgan fingerprint density at radius 2 is 1.51 bits per heavy atom. The highest BCUT2D eigenvalue weighted by molar-refractivity contribution is 6.30. The highest BCUT2D eigenvalue weighted by atomic mass is 35.5. The molecular weight excluding hydrogens is 756 g/mol. The van der Waals surface area contributed by atoms with E-state index in [1.54, 1.807) is 48.5 Å². The van der Waals surface area contributed by atoms with Crippen molar-refractivity contribution >= 4 is 63.7 Å². The fourth-order valence-corrected chi connectivity index (χ4v) is 9.74. The van der Waals surface area contributed by atoms with Crippen LogP contribution in [-0.4, -0.2) is 57.7 Å². The van der Waals surface area contributed by atoms with Crippen LogP contribution in [0.3, 0.4) is 0 Å². The van der Waals surface area contributed by atoms with E-state index >= 15 is 4.79 Å². The van der Waals surface area contributed by atoms with Crippen molar-refractivity contribution in [3.05, 3.63) is 139 Å². The van der Waals surface area contributed by atoms with E-state index < -0.39 is 79.9 Å². The number of fused-ring (bicyclic) bond motifs is 4. The monoisotopic (exact) mass is 790 g/mol. The molecule has 4 aromatic rings. The topological polar surface area (TPSA) is 197 Å². The summed E-state index contributed by atoms with van der Waals surface area (Å²) in [6.45, 7) is 1.90. The van der Waals surface area contributed by atoms with Gasteiger partial charge < -0.3 is 10.0 Å². The number of aromatic hydroxyl groups is 1. The first-order valence-corrected chi connectivity index (χ1v) is 18.5. The molecular formula is C41H35ClN6O9. The van der Waals surface area contributed by atoms with Crippen molar-refractivity contribution in [3.63, 3.8) is 0 Å². The summed E-state index contributed by atoms with van der Waals surface area (Å²) in [6, 6.07) is 22.3. The average Bonchev–Trinajstić information content (AvgIpc) is 3.57. The van der Waals surface area contributed by atoms with Crippen LogP contribution in [0.5, 0.6) is 5.75 Å². The number of halogens is 1. The number of hydrogen-bond acceptors (Lipinski definition) is 11. The van der Waals surface area contributed by atoms with E-state index in [9.17, 15) is 39.7 Å². The van der Waals surface area contributed by atoms with Crippen molar-refractivity contribution in [2.45, 2.75) is 31.1 Å². The molecule has 2 aliphatic carbocycles. The van der Waals surface area contributed by atoms with Gasteiger partial charge >= 0.3 is 11.4 Å². The Morgan fingerprint density at radius 3 is 2.12 bits per heavy atom. The van der Waals surface area contributed by atoms with Gasteiger partial charge in [0.15, 0.2) is 5.69 Å². The lowest BCUT2D eigenvalue weighted by atomic mass is 9.49. The van der Waals surface area contributed by atoms with Crippen LogP contribution in [0.1, 0.15) is 35.4 Å². The number of benzene rings is 4. The van der Waals surface area contributed by atoms with Crippen LogP contribution in [0.15, 0.2) is 96.6 Å². The Bertz CT molecular complexity index is 2420. The smallest absolute Gasteiger partial charge is 0.301 e. The first-order chi connectivity index (χ1) is 27.2. The summed E-state index contributed by atoms with van der Waals surface area (Å²) in [7, 11) is 2.81. The minimum absolute atomic E-state index is 0.00161. The Morgan fingerprint density at radius 1 is 0.860 bits per heavy atom. The second-order valence-electron chi connectivity index (χ2n) is 15.0. The molecule has 57 heavy (non-hydrogen) atoms. The van der Waals surface area contributed by atoms with Crippen molar-refractivity contribution in [1.82, 2.24) is 5.01 Å². The van der Waals surface area contributed by atoms with E-state index in [0.717, 1.165) is 27.6 Å². The first kappa shape index (κ1) is 37.3. The number of nitro groups is 2. The summed E-state index contributed by atoms with van der Waals surface area (Å²) < 4.78 is 0. The van der Waals surface area contributed by atoms with Gasteiger partial charge in [0.2, 0.25) is 11.8 Å². The molecule has 2 saturated heterocycles. The summed E-state index contributed by atoms with van der Waals surface area (Å²) in [4.78, 5) is 84.0. The molecule has 3 fully saturated rings. The number of allylic oxidation sites excluding steroid dienone is 2. The van der Waals surface area contributed by atoms with Crippen LogP contribution in [0.25, 0.3) is 0 Å². The van der Waals surface area contributed by atoms with E-state index in [2.05, 4.69) is 5.43 Å². The molecule has 2 aliphatic heterocycles. The summed E-state index contributed by atoms with van der Waals surface area (Å²) in [5.41, 5.74) is 2.06. The molecule has 290 valence electrons. The number of amides is 4. The lowest BCUT2D eigenvalue weighted by Gasteiger charge is -2.50. The number of imide groups is 2. The summed E-state index contributed by atoms with van der Waals surface area (Å²) in [6.07, 6.45) is 1.71. The second-order valence-corrected chi connectivity index (χ2v) is 15.5. The van der Waals surface area contributed by atoms with Crippen molar-refractivity contribution in [2.24, 2.45) is 23.7 Å². The molecule has 8 rings (SSSR count). The van der Waals surface area contributed by atoms with Gasteiger partial charge in [-0.3, -0.25) is 44.8 Å². The number of nitrogens with zero attached hydrogens (tertiary/aromatic N) is 5. The molecule has 2 N–H and O–H groups in total. The predicted molar refractivity (Wildman–Crippen MR) is 208 cm³/mol. The maximum absolute atomic E-state index is 15.3. The SMILES string of the molecule is Cc1ccc(NN2C(=O)[C@@H]3C[C@@H]4C(=CC[C@@H]5C(=O)N(c6cc([N+](=O)[O-])c(N(C)C)c([N+](=O)[O-])c6)C(=O)[C@@H]54)[C@H](c4cc(Cl)ccc4O)[C@]3(c3ccccc3)C2=O)cc1. The third-order valence-electron chi connectivity index (χ3n) is 11.8. The van der Waals surface area contributed by atoms with Gasteiger partial charge in [0, 0.05) is 42.7 Å². The molecule has 15 nitrogen and oxygen atoms in total. The Hall–Kier alpha value is -6.61. The Balaban J connectivity index is 1.31. The van der Waals surface area contributed by atoms with Gasteiger partial charge in [0.25, 0.3) is 11.8 Å². The highest BCUT2D eigenvalue weighted by Gasteiger charge is 2.70. The van der Waals surface area contributed by atoms with Crippen molar-refractivity contribution < 1.29 is 34.1 Å². The normalized spacial score (nSPS) is 25.1. The average molecular weight is 791 g/mol. The van der Waals surface area contributed by atoms with Gasteiger partial charge in [0.05, 0.1) is 44.4 Å². The number of nitro benzene ring substituents is 2. The van der Waals surface area contributed by atoms with Crippen LogP contribution in [0, 0.1) is 50.8 Å². The molecule has 0 spiro atoms. The second kappa shape index (κ2) is 13.5. The van der Waals surface area contributed by atoms with Gasteiger partial charge in [-0.15, -0.1) is 0 Å². The van der Waals surface area contributed by atoms with Gasteiger partial charge in [-0.05, 0) is 61.6 Å². The summed E-state index contributed by atoms with van der Waals surface area (Å²) in [5, 5.41) is 37.2. The van der Waals surface area contributed by atoms with Crippen LogP contribution >= 0.6 is 11.6 Å². The van der Waals surface area contributed by atoms with E-state index in [-0.39, 0.29) is 40.6 Å². The number of nitrogens with one attached hydrogen (secondary N) is 1. The zero-order chi connectivity index (χ0) is 40.7. The fraction of sp³-hybridized carbons (Fsp3) is 0.268. The van der Waals surface area contributed by atoms with Crippen molar-refractivity contribution in [1.29, 1.82) is 0 Å². The van der Waals surface area contributed by atoms with Crippen molar-refractivity contribution in [2.75, 3.05) is 29.3 Å². The van der Waals surface area contributed by atoms with Crippen LogP contribution in [0.4, 0.5) is 28.4 Å². The number of phenolic OH excluding ortho intramolecular Hbond substituents is 1. The minimum atomic E-state index is -1.66. The number of rotatable bonds is 8. The number of phenols is 1. The zero-order valence-corrected chi connectivity index (χ0v) is 31.5. The lowest BCUT2D eigenvalue weighted by molar-refractivity contribution is -0.392. The number of carbonyl (C=O) groups excluding carboxylic acids is 4. The Kier molecular flexibility index (Phi) is 8.87. The maximum Gasteiger partial charge on any atom is 0.301 e. The molecule has 1 saturated carbocycles. The van der Waals surface area contributed by atoms with Gasteiger partial charge in [-0.25, -0.2) is 4.90 Å². The Labute approximate surface area is 330 Å². The number of carbonyl (C=O) groups is 4. The third-order valence-corrected chi connectivity index (χ3v) is 12.1. The largest absolute Gasteiger partial charge is 0.508 e. The molecule has 4 amide bonds. The molecule has 16 heteroatoms. The molecule has 4 aliphatic rings. The predicted octanol–water partition coefficient (Wildman–Crippen LogP) is 6.43. The fourth-order valence-electron chi connectivity index (χ4n) is 9.56. The molecule has 4 aromatic carbocycles. The van der Waals surface area contributed by atoms with E-state index in [0.29, 0.717) is 16.8 Å². The molecule has 0 bridgehead atoms. The number of hydrogen-bond donors (Lipinski definition) is 2. The quantitative estimate of drug-likeness (QED) is 0.0864. The van der Waals surface area contributed by atoms with Crippen LogP contribution < -0.4 is 15.2 Å². The third kappa shape index (κ3) is 5.55. The van der Waals surface area contributed by atoms with E-state index in [4.69, 9.17) is 11.6 Å². The minimum Gasteiger partial charge on any atom is -0.508 e. The number of hydrazine groups is 1. The highest BCUT2D eigenvalue weighted by Crippen LogP contribution is 2.65.